The maximum Gasteiger partial charge on any atom is 0.343 e. The molecule has 1 rings (SSSR count). The monoisotopic (exact) mass is 195 g/mol. The van der Waals surface area contributed by atoms with Gasteiger partial charge in [-0.2, -0.15) is 0 Å². The van der Waals surface area contributed by atoms with Gasteiger partial charge in [-0.15, -0.1) is 0 Å². The Morgan fingerprint density at radius 2 is 2.14 bits per heavy atom. The molecule has 1 aromatic rings. The number of hydrogen-bond acceptors (Lipinski definition) is 3. The van der Waals surface area contributed by atoms with Crippen LogP contribution in [0.2, 0.25) is 0 Å². The summed E-state index contributed by atoms with van der Waals surface area (Å²) in [6, 6.07) is 1.57. The van der Waals surface area contributed by atoms with Gasteiger partial charge >= 0.3 is 5.97 Å². The summed E-state index contributed by atoms with van der Waals surface area (Å²) in [5.41, 5.74) is -0.238. The Morgan fingerprint density at radius 1 is 1.50 bits per heavy atom. The first-order chi connectivity index (χ1) is 6.56. The molecule has 0 fully saturated rings. The second-order valence-electron chi connectivity index (χ2n) is 3.26. The van der Waals surface area contributed by atoms with Gasteiger partial charge in [0.1, 0.15) is 5.56 Å². The van der Waals surface area contributed by atoms with Crippen LogP contribution in [0.15, 0.2) is 23.3 Å². The van der Waals surface area contributed by atoms with E-state index >= 15 is 0 Å². The maximum absolute atomic E-state index is 11.3. The summed E-state index contributed by atoms with van der Waals surface area (Å²) in [6.45, 7) is 3.93. The Kier molecular flexibility index (Phi) is 3.06. The zero-order valence-electron chi connectivity index (χ0n) is 8.48. The largest absolute Gasteiger partial charge is 0.465 e. The van der Waals surface area contributed by atoms with Gasteiger partial charge in [0, 0.05) is 24.5 Å². The molecule has 0 spiro atoms. The van der Waals surface area contributed by atoms with Crippen molar-refractivity contribution < 1.29 is 9.53 Å². The number of nitrogens with zero attached hydrogens (tertiary/aromatic N) is 1. The van der Waals surface area contributed by atoms with Crippen molar-refractivity contribution in [1.82, 2.24) is 4.57 Å². The fourth-order valence-electron chi connectivity index (χ4n) is 1.08. The van der Waals surface area contributed by atoms with Crippen LogP contribution in [0.1, 0.15) is 30.2 Å². The van der Waals surface area contributed by atoms with E-state index in [1.165, 1.54) is 19.4 Å². The molecular formula is C10H13NO3. The smallest absolute Gasteiger partial charge is 0.343 e. The molecule has 0 aromatic carbocycles. The van der Waals surface area contributed by atoms with Crippen LogP contribution in [0.25, 0.3) is 0 Å². The maximum atomic E-state index is 11.3. The van der Waals surface area contributed by atoms with Crippen LogP contribution in [-0.4, -0.2) is 17.6 Å². The highest BCUT2D eigenvalue weighted by Crippen LogP contribution is 2.03. The molecule has 0 saturated heterocycles. The van der Waals surface area contributed by atoms with Crippen LogP contribution in [0.3, 0.4) is 0 Å². The first kappa shape index (κ1) is 10.5. The van der Waals surface area contributed by atoms with E-state index in [0.29, 0.717) is 0 Å². The van der Waals surface area contributed by atoms with Gasteiger partial charge in [0.25, 0.3) is 0 Å². The van der Waals surface area contributed by atoms with Crippen LogP contribution in [-0.2, 0) is 4.74 Å². The van der Waals surface area contributed by atoms with Crippen molar-refractivity contribution in [1.29, 1.82) is 0 Å². The van der Waals surface area contributed by atoms with Crippen LogP contribution in [0.5, 0.6) is 0 Å². The molecule has 0 saturated carbocycles. The third-order valence-electron chi connectivity index (χ3n) is 1.94. The Balaban J connectivity index is 3.22. The van der Waals surface area contributed by atoms with Crippen molar-refractivity contribution in [3.05, 3.63) is 34.2 Å². The minimum atomic E-state index is -0.593. The third kappa shape index (κ3) is 2.02. The van der Waals surface area contributed by atoms with Gasteiger partial charge in [-0.3, -0.25) is 4.79 Å². The number of rotatable bonds is 2. The summed E-state index contributed by atoms with van der Waals surface area (Å²) >= 11 is 0. The van der Waals surface area contributed by atoms with Crippen LogP contribution < -0.4 is 5.43 Å². The number of carbonyl (C=O) groups is 1. The molecule has 0 radical (unpaired) electrons. The predicted molar refractivity (Wildman–Crippen MR) is 52.4 cm³/mol. The minimum absolute atomic E-state index is 0.0729. The molecule has 0 N–H and O–H groups in total. The van der Waals surface area contributed by atoms with Crippen molar-refractivity contribution >= 4 is 5.97 Å². The summed E-state index contributed by atoms with van der Waals surface area (Å²) in [4.78, 5) is 22.5. The minimum Gasteiger partial charge on any atom is -0.465 e. The fraction of sp³-hybridized carbons (Fsp3) is 0.400. The van der Waals surface area contributed by atoms with E-state index in [9.17, 15) is 9.59 Å². The average molecular weight is 195 g/mol. The van der Waals surface area contributed by atoms with Crippen molar-refractivity contribution in [2.75, 3.05) is 7.11 Å². The average Bonchev–Trinajstić information content (AvgIpc) is 2.17. The van der Waals surface area contributed by atoms with Gasteiger partial charge in [-0.25, -0.2) is 4.79 Å². The quantitative estimate of drug-likeness (QED) is 0.666. The van der Waals surface area contributed by atoms with Gasteiger partial charge in [0.15, 0.2) is 5.43 Å². The van der Waals surface area contributed by atoms with Gasteiger partial charge < -0.3 is 9.30 Å². The number of aromatic nitrogens is 1. The summed E-state index contributed by atoms with van der Waals surface area (Å²) in [5, 5.41) is 0. The van der Waals surface area contributed by atoms with E-state index in [1.807, 2.05) is 13.8 Å². The van der Waals surface area contributed by atoms with Gasteiger partial charge in [0.2, 0.25) is 0 Å². The standard InChI is InChI=1S/C10H13NO3/c1-7(2)11-5-4-9(12)8(6-11)10(13)14-3/h4-7H,1-3H3. The lowest BCUT2D eigenvalue weighted by Gasteiger charge is -2.10. The van der Waals surface area contributed by atoms with Crippen molar-refractivity contribution in [2.24, 2.45) is 0 Å². The zero-order chi connectivity index (χ0) is 10.7. The summed E-state index contributed by atoms with van der Waals surface area (Å²) < 4.78 is 6.28. The van der Waals surface area contributed by atoms with E-state index in [0.717, 1.165) is 0 Å². The highest BCUT2D eigenvalue weighted by Gasteiger charge is 2.10. The molecule has 0 unspecified atom stereocenters. The third-order valence-corrected chi connectivity index (χ3v) is 1.94. The van der Waals surface area contributed by atoms with Crippen LogP contribution >= 0.6 is 0 Å². The summed E-state index contributed by atoms with van der Waals surface area (Å²) in [5.74, 6) is -0.593. The van der Waals surface area contributed by atoms with Gasteiger partial charge in [-0.1, -0.05) is 0 Å². The highest BCUT2D eigenvalue weighted by molar-refractivity contribution is 5.88. The zero-order valence-corrected chi connectivity index (χ0v) is 8.48. The van der Waals surface area contributed by atoms with Crippen LogP contribution in [0.4, 0.5) is 0 Å². The SMILES string of the molecule is COC(=O)c1cn(C(C)C)ccc1=O. The second-order valence-corrected chi connectivity index (χ2v) is 3.26. The lowest BCUT2D eigenvalue weighted by Crippen LogP contribution is -2.18. The number of esters is 1. The van der Waals surface area contributed by atoms with Crippen molar-refractivity contribution in [3.63, 3.8) is 0 Å². The van der Waals surface area contributed by atoms with E-state index in [-0.39, 0.29) is 17.0 Å². The molecule has 76 valence electrons. The van der Waals surface area contributed by atoms with Crippen molar-refractivity contribution in [2.45, 2.75) is 19.9 Å². The number of hydrogen-bond donors (Lipinski definition) is 0. The number of methoxy groups -OCH3 is 1. The molecule has 1 heterocycles. The number of carbonyl (C=O) groups excluding carboxylic acids is 1. The van der Waals surface area contributed by atoms with E-state index < -0.39 is 5.97 Å². The second kappa shape index (κ2) is 4.09. The first-order valence-corrected chi connectivity index (χ1v) is 4.36. The molecule has 0 amide bonds. The first-order valence-electron chi connectivity index (χ1n) is 4.36. The number of ether oxygens (including phenoxy) is 1. The molecule has 0 bridgehead atoms. The van der Waals surface area contributed by atoms with E-state index in [1.54, 1.807) is 10.8 Å². The van der Waals surface area contributed by atoms with E-state index in [2.05, 4.69) is 4.74 Å². The molecule has 0 aliphatic carbocycles. The van der Waals surface area contributed by atoms with Gasteiger partial charge in [-0.05, 0) is 13.8 Å². The van der Waals surface area contributed by atoms with Crippen molar-refractivity contribution in [3.8, 4) is 0 Å². The topological polar surface area (TPSA) is 48.3 Å². The molecule has 0 atom stereocenters. The molecule has 1 aromatic heterocycles. The molecule has 4 heteroatoms. The Labute approximate surface area is 82.1 Å². The number of pyridine rings is 1. The highest BCUT2D eigenvalue weighted by atomic mass is 16.5. The molecule has 0 aliphatic heterocycles. The predicted octanol–water partition coefficient (Wildman–Crippen LogP) is 1.22. The Bertz CT molecular complexity index is 393. The van der Waals surface area contributed by atoms with Crippen LogP contribution in [0, 0.1) is 0 Å². The summed E-state index contributed by atoms with van der Waals surface area (Å²) in [6.07, 6.45) is 3.16. The molecular weight excluding hydrogens is 182 g/mol. The fourth-order valence-corrected chi connectivity index (χ4v) is 1.08. The Morgan fingerprint density at radius 3 is 2.64 bits per heavy atom. The molecule has 4 nitrogen and oxygen atoms in total. The van der Waals surface area contributed by atoms with Gasteiger partial charge in [0.05, 0.1) is 7.11 Å². The normalized spacial score (nSPS) is 10.3. The summed E-state index contributed by atoms with van der Waals surface area (Å²) in [7, 11) is 1.26. The lowest BCUT2D eigenvalue weighted by atomic mass is 10.2. The molecule has 14 heavy (non-hydrogen) atoms. The molecule has 0 aliphatic rings. The lowest BCUT2D eigenvalue weighted by molar-refractivity contribution is 0.0598. The Hall–Kier alpha value is -1.58. The van der Waals surface area contributed by atoms with E-state index in [4.69, 9.17) is 0 Å².